The summed E-state index contributed by atoms with van der Waals surface area (Å²) >= 11 is 4.07. The summed E-state index contributed by atoms with van der Waals surface area (Å²) in [6.45, 7) is 0. The van der Waals surface area contributed by atoms with E-state index in [0.717, 1.165) is 11.3 Å². The first kappa shape index (κ1) is 8.79. The van der Waals surface area contributed by atoms with E-state index in [1.165, 1.54) is 0 Å². The lowest BCUT2D eigenvalue weighted by molar-refractivity contribution is 1.26. The Morgan fingerprint density at radius 3 is 2.67 bits per heavy atom. The maximum absolute atomic E-state index is 4.07. The molecular formula is C6H8ClNS. The van der Waals surface area contributed by atoms with Gasteiger partial charge >= 0.3 is 0 Å². The number of rotatable bonds is 1. The summed E-state index contributed by atoms with van der Waals surface area (Å²) in [6, 6.07) is 3.91. The first-order valence-corrected chi connectivity index (χ1v) is 3.06. The standard InChI is InChI=1S/C6H7NS.ClH/c8-5-6-2-1-3-7-4-6;/h1-4,8H,5H2;1H. The van der Waals surface area contributed by atoms with Crippen LogP contribution in [-0.4, -0.2) is 4.98 Å². The molecule has 0 saturated heterocycles. The minimum atomic E-state index is 0. The zero-order chi connectivity index (χ0) is 5.82. The molecule has 0 radical (unpaired) electrons. The molecule has 0 aromatic carbocycles. The van der Waals surface area contributed by atoms with Gasteiger partial charge in [-0.2, -0.15) is 12.6 Å². The molecule has 0 aliphatic heterocycles. The van der Waals surface area contributed by atoms with Gasteiger partial charge in [0.05, 0.1) is 0 Å². The highest BCUT2D eigenvalue weighted by Crippen LogP contribution is 1.97. The summed E-state index contributed by atoms with van der Waals surface area (Å²) in [5.74, 6) is 0.772. The summed E-state index contributed by atoms with van der Waals surface area (Å²) in [7, 11) is 0. The van der Waals surface area contributed by atoms with Crippen LogP contribution in [0.5, 0.6) is 0 Å². The van der Waals surface area contributed by atoms with Crippen molar-refractivity contribution < 1.29 is 0 Å². The van der Waals surface area contributed by atoms with E-state index >= 15 is 0 Å². The van der Waals surface area contributed by atoms with Gasteiger partial charge in [-0.05, 0) is 11.6 Å². The molecule has 0 atom stereocenters. The largest absolute Gasteiger partial charge is 0.264 e. The molecule has 1 rings (SSSR count). The molecule has 9 heavy (non-hydrogen) atoms. The molecule has 1 heterocycles. The van der Waals surface area contributed by atoms with Crippen LogP contribution >= 0.6 is 25.0 Å². The highest BCUT2D eigenvalue weighted by Gasteiger charge is 1.81. The van der Waals surface area contributed by atoms with Crippen LogP contribution in [-0.2, 0) is 5.75 Å². The number of aromatic nitrogens is 1. The van der Waals surface area contributed by atoms with Crippen molar-refractivity contribution in [2.45, 2.75) is 5.75 Å². The number of halogens is 1. The molecule has 0 bridgehead atoms. The lowest BCUT2D eigenvalue weighted by atomic mass is 10.3. The number of thiol groups is 1. The van der Waals surface area contributed by atoms with E-state index in [-0.39, 0.29) is 12.4 Å². The zero-order valence-electron chi connectivity index (χ0n) is 4.82. The summed E-state index contributed by atoms with van der Waals surface area (Å²) < 4.78 is 0. The van der Waals surface area contributed by atoms with Gasteiger partial charge in [-0.25, -0.2) is 0 Å². The van der Waals surface area contributed by atoms with Crippen LogP contribution in [0.3, 0.4) is 0 Å². The van der Waals surface area contributed by atoms with Crippen LogP contribution in [0.4, 0.5) is 0 Å². The van der Waals surface area contributed by atoms with Gasteiger partial charge < -0.3 is 0 Å². The maximum Gasteiger partial charge on any atom is 0.0308 e. The van der Waals surface area contributed by atoms with Gasteiger partial charge in [0.15, 0.2) is 0 Å². The van der Waals surface area contributed by atoms with E-state index in [9.17, 15) is 0 Å². The Morgan fingerprint density at radius 1 is 1.56 bits per heavy atom. The Bertz CT molecular complexity index is 154. The molecule has 1 aromatic heterocycles. The molecule has 0 amide bonds. The van der Waals surface area contributed by atoms with Crippen LogP contribution in [0.2, 0.25) is 0 Å². The molecule has 0 saturated carbocycles. The Balaban J connectivity index is 0.000000640. The van der Waals surface area contributed by atoms with Crippen molar-refractivity contribution in [1.29, 1.82) is 0 Å². The summed E-state index contributed by atoms with van der Waals surface area (Å²) in [5, 5.41) is 0. The molecule has 0 fully saturated rings. The highest BCUT2D eigenvalue weighted by molar-refractivity contribution is 7.79. The van der Waals surface area contributed by atoms with Gasteiger partial charge in [-0.3, -0.25) is 4.98 Å². The third-order valence-corrected chi connectivity index (χ3v) is 1.27. The van der Waals surface area contributed by atoms with Gasteiger partial charge in [-0.1, -0.05) is 6.07 Å². The van der Waals surface area contributed by atoms with Crippen LogP contribution < -0.4 is 0 Å². The molecule has 1 aromatic rings. The topological polar surface area (TPSA) is 12.9 Å². The average Bonchev–Trinajstić information content (AvgIpc) is 1.90. The van der Waals surface area contributed by atoms with Crippen molar-refractivity contribution in [2.75, 3.05) is 0 Å². The van der Waals surface area contributed by atoms with Crippen molar-refractivity contribution in [1.82, 2.24) is 4.98 Å². The molecule has 0 aliphatic rings. The zero-order valence-corrected chi connectivity index (χ0v) is 6.53. The van der Waals surface area contributed by atoms with Crippen molar-refractivity contribution in [3.8, 4) is 0 Å². The predicted octanol–water partition coefficient (Wildman–Crippen LogP) is 1.93. The van der Waals surface area contributed by atoms with Gasteiger partial charge in [-0.15, -0.1) is 12.4 Å². The third kappa shape index (κ3) is 2.72. The first-order valence-electron chi connectivity index (χ1n) is 2.43. The Hall–Kier alpha value is -0.210. The molecule has 1 nitrogen and oxygen atoms in total. The molecule has 0 spiro atoms. The minimum Gasteiger partial charge on any atom is -0.264 e. The third-order valence-electron chi connectivity index (χ3n) is 0.905. The second-order valence-corrected chi connectivity index (χ2v) is 1.84. The quantitative estimate of drug-likeness (QED) is 0.622. The van der Waals surface area contributed by atoms with E-state index < -0.39 is 0 Å². The van der Waals surface area contributed by atoms with Crippen LogP contribution in [0.25, 0.3) is 0 Å². The second-order valence-electron chi connectivity index (χ2n) is 1.52. The van der Waals surface area contributed by atoms with Crippen LogP contribution in [0, 0.1) is 0 Å². The van der Waals surface area contributed by atoms with Crippen molar-refractivity contribution in [3.05, 3.63) is 30.1 Å². The second kappa shape index (κ2) is 4.65. The Kier molecular flexibility index (Phi) is 4.54. The van der Waals surface area contributed by atoms with E-state index in [0.29, 0.717) is 0 Å². The fourth-order valence-corrected chi connectivity index (χ4v) is 0.679. The number of nitrogens with zero attached hydrogens (tertiary/aromatic N) is 1. The lowest BCUT2D eigenvalue weighted by Crippen LogP contribution is -1.75. The normalized spacial score (nSPS) is 8.11. The molecule has 50 valence electrons. The summed E-state index contributed by atoms with van der Waals surface area (Å²) in [4.78, 5) is 3.91. The fraction of sp³-hybridized carbons (Fsp3) is 0.167. The molecule has 0 unspecified atom stereocenters. The first-order chi connectivity index (χ1) is 3.93. The predicted molar refractivity (Wildman–Crippen MR) is 44.2 cm³/mol. The Labute approximate surface area is 66.3 Å². The molecule has 3 heteroatoms. The molecular weight excluding hydrogens is 154 g/mol. The van der Waals surface area contributed by atoms with Crippen molar-refractivity contribution in [2.24, 2.45) is 0 Å². The van der Waals surface area contributed by atoms with Gasteiger partial charge in [0, 0.05) is 18.1 Å². The number of hydrogen-bond acceptors (Lipinski definition) is 2. The van der Waals surface area contributed by atoms with E-state index in [1.54, 1.807) is 6.20 Å². The minimum absolute atomic E-state index is 0. The fourth-order valence-electron chi connectivity index (χ4n) is 0.492. The van der Waals surface area contributed by atoms with Gasteiger partial charge in [0.2, 0.25) is 0 Å². The maximum atomic E-state index is 4.07. The molecule has 0 aliphatic carbocycles. The van der Waals surface area contributed by atoms with E-state index in [1.807, 2.05) is 18.3 Å². The van der Waals surface area contributed by atoms with E-state index in [4.69, 9.17) is 0 Å². The highest BCUT2D eigenvalue weighted by atomic mass is 35.5. The van der Waals surface area contributed by atoms with Gasteiger partial charge in [0.25, 0.3) is 0 Å². The average molecular weight is 162 g/mol. The lowest BCUT2D eigenvalue weighted by Gasteiger charge is -1.88. The molecule has 0 N–H and O–H groups in total. The number of hydrogen-bond donors (Lipinski definition) is 1. The van der Waals surface area contributed by atoms with E-state index in [2.05, 4.69) is 17.6 Å². The SMILES string of the molecule is Cl.SCc1cccnc1. The Morgan fingerprint density at radius 2 is 2.33 bits per heavy atom. The van der Waals surface area contributed by atoms with Crippen molar-refractivity contribution in [3.63, 3.8) is 0 Å². The van der Waals surface area contributed by atoms with Crippen molar-refractivity contribution >= 4 is 25.0 Å². The van der Waals surface area contributed by atoms with Crippen LogP contribution in [0.1, 0.15) is 5.56 Å². The summed E-state index contributed by atoms with van der Waals surface area (Å²) in [6.07, 6.45) is 3.57. The smallest absolute Gasteiger partial charge is 0.0308 e. The van der Waals surface area contributed by atoms with Crippen LogP contribution in [0.15, 0.2) is 24.5 Å². The monoisotopic (exact) mass is 161 g/mol. The van der Waals surface area contributed by atoms with Gasteiger partial charge in [0.1, 0.15) is 0 Å². The summed E-state index contributed by atoms with van der Waals surface area (Å²) in [5.41, 5.74) is 1.16. The number of pyridine rings is 1.